The highest BCUT2D eigenvalue weighted by molar-refractivity contribution is 7.10. The van der Waals surface area contributed by atoms with Crippen molar-refractivity contribution in [2.24, 2.45) is 16.6 Å². The molecule has 0 aromatic carbocycles. The topological polar surface area (TPSA) is 50.4 Å². The first-order valence-corrected chi connectivity index (χ1v) is 8.58. The fourth-order valence-corrected chi connectivity index (χ4v) is 3.49. The largest absolute Gasteiger partial charge is 0.370 e. The molecule has 0 aliphatic carbocycles. The van der Waals surface area contributed by atoms with E-state index in [4.69, 9.17) is 5.73 Å². The quantitative estimate of drug-likeness (QED) is 0.610. The number of rotatable bonds is 7. The van der Waals surface area contributed by atoms with E-state index in [2.05, 4.69) is 52.3 Å². The maximum Gasteiger partial charge on any atom is 0.188 e. The Morgan fingerprint density at radius 3 is 2.60 bits per heavy atom. The summed E-state index contributed by atoms with van der Waals surface area (Å²) >= 11 is 3.58. The average Bonchev–Trinajstić information content (AvgIpc) is 3.09. The van der Waals surface area contributed by atoms with Crippen molar-refractivity contribution in [1.29, 1.82) is 0 Å². The van der Waals surface area contributed by atoms with E-state index in [1.807, 2.05) is 0 Å². The molecule has 20 heavy (non-hydrogen) atoms. The standard InChI is InChI=1S/C15H21N3S2/c1-12(10-14-5-3-9-20-14)11-18-15(16)17-7-6-13-4-2-8-19-13/h2-5,8-9,12H,6-7,10-11H2,1H3,(H3,16,17,18). The third-order valence-electron chi connectivity index (χ3n) is 2.96. The van der Waals surface area contributed by atoms with E-state index >= 15 is 0 Å². The summed E-state index contributed by atoms with van der Waals surface area (Å²) in [4.78, 5) is 7.20. The summed E-state index contributed by atoms with van der Waals surface area (Å²) < 4.78 is 0. The van der Waals surface area contributed by atoms with Crippen molar-refractivity contribution in [1.82, 2.24) is 5.32 Å². The predicted octanol–water partition coefficient (Wildman–Crippen LogP) is 3.14. The molecule has 0 amide bonds. The highest BCUT2D eigenvalue weighted by Gasteiger charge is 2.04. The van der Waals surface area contributed by atoms with Crippen molar-refractivity contribution >= 4 is 28.6 Å². The first-order valence-electron chi connectivity index (χ1n) is 6.82. The SMILES string of the molecule is CC(CN=C(N)NCCc1cccs1)Cc1cccs1. The van der Waals surface area contributed by atoms with Crippen LogP contribution < -0.4 is 11.1 Å². The van der Waals surface area contributed by atoms with E-state index < -0.39 is 0 Å². The second-order valence-electron chi connectivity index (χ2n) is 4.87. The molecule has 108 valence electrons. The van der Waals surface area contributed by atoms with E-state index in [0.29, 0.717) is 11.9 Å². The number of hydrogen-bond donors (Lipinski definition) is 2. The fraction of sp³-hybridized carbons (Fsp3) is 0.400. The maximum absolute atomic E-state index is 5.88. The Bertz CT molecular complexity index is 503. The second-order valence-corrected chi connectivity index (χ2v) is 6.94. The van der Waals surface area contributed by atoms with Gasteiger partial charge in [-0.15, -0.1) is 22.7 Å². The van der Waals surface area contributed by atoms with Gasteiger partial charge in [0.05, 0.1) is 0 Å². The Kier molecular flexibility index (Phi) is 6.08. The van der Waals surface area contributed by atoms with Gasteiger partial charge in [-0.1, -0.05) is 19.1 Å². The Hall–Kier alpha value is -1.33. The summed E-state index contributed by atoms with van der Waals surface area (Å²) in [7, 11) is 0. The predicted molar refractivity (Wildman–Crippen MR) is 89.7 cm³/mol. The third kappa shape index (κ3) is 5.35. The van der Waals surface area contributed by atoms with E-state index in [9.17, 15) is 0 Å². The van der Waals surface area contributed by atoms with Gasteiger partial charge in [-0.25, -0.2) is 0 Å². The molecule has 2 rings (SSSR count). The van der Waals surface area contributed by atoms with E-state index in [1.54, 1.807) is 22.7 Å². The lowest BCUT2D eigenvalue weighted by Gasteiger charge is -2.09. The van der Waals surface area contributed by atoms with Gasteiger partial charge in [-0.05, 0) is 41.7 Å². The molecular weight excluding hydrogens is 286 g/mol. The van der Waals surface area contributed by atoms with Crippen LogP contribution in [0, 0.1) is 5.92 Å². The van der Waals surface area contributed by atoms with E-state index in [-0.39, 0.29) is 0 Å². The van der Waals surface area contributed by atoms with Gasteiger partial charge >= 0.3 is 0 Å². The minimum Gasteiger partial charge on any atom is -0.370 e. The Morgan fingerprint density at radius 2 is 1.95 bits per heavy atom. The van der Waals surface area contributed by atoms with Gasteiger partial charge in [0.1, 0.15) is 0 Å². The molecule has 2 heterocycles. The van der Waals surface area contributed by atoms with Crippen LogP contribution in [0.1, 0.15) is 16.7 Å². The molecule has 0 saturated carbocycles. The number of aliphatic imine (C=N–C) groups is 1. The second kappa shape index (κ2) is 8.07. The lowest BCUT2D eigenvalue weighted by Crippen LogP contribution is -2.33. The molecule has 0 aliphatic heterocycles. The van der Waals surface area contributed by atoms with Crippen LogP contribution in [0.15, 0.2) is 40.0 Å². The molecule has 0 aliphatic rings. The molecule has 0 radical (unpaired) electrons. The maximum atomic E-state index is 5.88. The van der Waals surface area contributed by atoms with Crippen molar-refractivity contribution in [3.8, 4) is 0 Å². The van der Waals surface area contributed by atoms with E-state index in [0.717, 1.165) is 25.9 Å². The summed E-state index contributed by atoms with van der Waals surface area (Å²) in [6.45, 7) is 3.83. The first kappa shape index (κ1) is 15.1. The summed E-state index contributed by atoms with van der Waals surface area (Å²) in [6, 6.07) is 8.48. The van der Waals surface area contributed by atoms with E-state index in [1.165, 1.54) is 9.75 Å². The Morgan fingerprint density at radius 1 is 1.25 bits per heavy atom. The van der Waals surface area contributed by atoms with Gasteiger partial charge in [-0.3, -0.25) is 4.99 Å². The van der Waals surface area contributed by atoms with Crippen LogP contribution in [-0.2, 0) is 12.8 Å². The molecule has 1 unspecified atom stereocenters. The number of nitrogens with zero attached hydrogens (tertiary/aromatic N) is 1. The molecule has 5 heteroatoms. The van der Waals surface area contributed by atoms with Crippen molar-refractivity contribution < 1.29 is 0 Å². The molecule has 2 aromatic heterocycles. The molecule has 3 N–H and O–H groups in total. The van der Waals surface area contributed by atoms with Crippen molar-refractivity contribution in [3.63, 3.8) is 0 Å². The van der Waals surface area contributed by atoms with Crippen LogP contribution in [-0.4, -0.2) is 19.0 Å². The third-order valence-corrected chi connectivity index (χ3v) is 4.80. The molecule has 2 aromatic rings. The van der Waals surface area contributed by atoms with Crippen LogP contribution in [0.25, 0.3) is 0 Å². The zero-order valence-corrected chi connectivity index (χ0v) is 13.3. The normalized spacial score (nSPS) is 13.3. The summed E-state index contributed by atoms with van der Waals surface area (Å²) in [5, 5.41) is 7.39. The number of hydrogen-bond acceptors (Lipinski definition) is 3. The smallest absolute Gasteiger partial charge is 0.188 e. The van der Waals surface area contributed by atoms with Gasteiger partial charge in [-0.2, -0.15) is 0 Å². The van der Waals surface area contributed by atoms with Crippen LogP contribution in [0.2, 0.25) is 0 Å². The molecule has 0 fully saturated rings. The lowest BCUT2D eigenvalue weighted by molar-refractivity contribution is 0.597. The molecule has 3 nitrogen and oxygen atoms in total. The summed E-state index contributed by atoms with van der Waals surface area (Å²) in [5.74, 6) is 1.07. The lowest BCUT2D eigenvalue weighted by atomic mass is 10.1. The van der Waals surface area contributed by atoms with Crippen LogP contribution in [0.4, 0.5) is 0 Å². The molecule has 0 spiro atoms. The fourth-order valence-electron chi connectivity index (χ4n) is 1.92. The van der Waals surface area contributed by atoms with Gasteiger partial charge < -0.3 is 11.1 Å². The Balaban J connectivity index is 1.65. The van der Waals surface area contributed by atoms with Gasteiger partial charge in [0, 0.05) is 22.8 Å². The minimum atomic E-state index is 0.520. The zero-order chi connectivity index (χ0) is 14.2. The molecular formula is C15H21N3S2. The van der Waals surface area contributed by atoms with Gasteiger partial charge in [0.25, 0.3) is 0 Å². The summed E-state index contributed by atoms with van der Waals surface area (Å²) in [5.41, 5.74) is 5.88. The monoisotopic (exact) mass is 307 g/mol. The highest BCUT2D eigenvalue weighted by atomic mass is 32.1. The van der Waals surface area contributed by atoms with Gasteiger partial charge in [0.2, 0.25) is 0 Å². The Labute approximate surface area is 128 Å². The zero-order valence-electron chi connectivity index (χ0n) is 11.7. The highest BCUT2D eigenvalue weighted by Crippen LogP contribution is 2.14. The molecule has 1 atom stereocenters. The summed E-state index contributed by atoms with van der Waals surface area (Å²) in [6.07, 6.45) is 2.07. The molecule has 0 bridgehead atoms. The minimum absolute atomic E-state index is 0.520. The number of nitrogens with one attached hydrogen (secondary N) is 1. The van der Waals surface area contributed by atoms with Crippen LogP contribution in [0.5, 0.6) is 0 Å². The van der Waals surface area contributed by atoms with Crippen molar-refractivity contribution in [2.75, 3.05) is 13.1 Å². The van der Waals surface area contributed by atoms with Crippen molar-refractivity contribution in [3.05, 3.63) is 44.8 Å². The molecule has 0 saturated heterocycles. The van der Waals surface area contributed by atoms with Crippen LogP contribution in [0.3, 0.4) is 0 Å². The number of guanidine groups is 1. The number of nitrogens with two attached hydrogens (primary N) is 1. The number of thiophene rings is 2. The van der Waals surface area contributed by atoms with Crippen LogP contribution >= 0.6 is 22.7 Å². The van der Waals surface area contributed by atoms with Gasteiger partial charge in [0.15, 0.2) is 5.96 Å². The van der Waals surface area contributed by atoms with Crippen molar-refractivity contribution in [2.45, 2.75) is 19.8 Å². The average molecular weight is 307 g/mol. The first-order chi connectivity index (χ1) is 9.74.